The van der Waals surface area contributed by atoms with Gasteiger partial charge in [0.2, 0.25) is 0 Å². The number of benzene rings is 1. The Morgan fingerprint density at radius 3 is 2.31 bits per heavy atom. The molecule has 0 fully saturated rings. The van der Waals surface area contributed by atoms with E-state index in [0.29, 0.717) is 0 Å². The van der Waals surface area contributed by atoms with Gasteiger partial charge in [-0.15, -0.1) is 0 Å². The Balaban J connectivity index is 2.96. The summed E-state index contributed by atoms with van der Waals surface area (Å²) in [6.45, 7) is 2.13. The summed E-state index contributed by atoms with van der Waals surface area (Å²) in [6.07, 6.45) is 0.999. The van der Waals surface area contributed by atoms with Crippen molar-refractivity contribution in [1.82, 2.24) is 0 Å². The Morgan fingerprint density at radius 1 is 1.15 bits per heavy atom. The lowest BCUT2D eigenvalue weighted by molar-refractivity contribution is 0.291. The maximum Gasteiger partial charge on any atom is 0.493 e. The van der Waals surface area contributed by atoms with Gasteiger partial charge >= 0.3 is 7.12 Å². The molecule has 0 unspecified atom stereocenters. The van der Waals surface area contributed by atoms with E-state index in [4.69, 9.17) is 9.31 Å². The molecule has 0 radical (unpaired) electrons. The molecule has 3 heteroatoms. The minimum atomic E-state index is -0.240. The molecule has 0 aromatic heterocycles. The zero-order valence-corrected chi connectivity index (χ0v) is 8.41. The van der Waals surface area contributed by atoms with Crippen molar-refractivity contribution in [2.45, 2.75) is 13.3 Å². The van der Waals surface area contributed by atoms with Crippen LogP contribution in [0.4, 0.5) is 0 Å². The van der Waals surface area contributed by atoms with Crippen LogP contribution in [0, 0.1) is 0 Å². The number of aryl methyl sites for hydroxylation is 1. The highest BCUT2D eigenvalue weighted by atomic mass is 16.6. The van der Waals surface area contributed by atoms with Gasteiger partial charge in [-0.1, -0.05) is 31.2 Å². The SMILES string of the molecule is CCc1ccccc1B(OC)OC. The summed E-state index contributed by atoms with van der Waals surface area (Å²) in [4.78, 5) is 0. The third kappa shape index (κ3) is 2.33. The fourth-order valence-corrected chi connectivity index (χ4v) is 1.44. The summed E-state index contributed by atoms with van der Waals surface area (Å²) in [6, 6.07) is 8.17. The molecular weight excluding hydrogens is 163 g/mol. The fourth-order valence-electron chi connectivity index (χ4n) is 1.44. The monoisotopic (exact) mass is 178 g/mol. The second-order valence-corrected chi connectivity index (χ2v) is 2.86. The molecule has 70 valence electrons. The molecular formula is C10H15BO2. The molecule has 13 heavy (non-hydrogen) atoms. The van der Waals surface area contributed by atoms with E-state index in [2.05, 4.69) is 13.0 Å². The molecule has 1 aromatic rings. The van der Waals surface area contributed by atoms with Crippen LogP contribution in [0.5, 0.6) is 0 Å². The van der Waals surface area contributed by atoms with Crippen molar-refractivity contribution < 1.29 is 9.31 Å². The van der Waals surface area contributed by atoms with E-state index in [1.54, 1.807) is 14.2 Å². The molecule has 0 aliphatic carbocycles. The van der Waals surface area contributed by atoms with Gasteiger partial charge in [0, 0.05) is 14.2 Å². The first-order chi connectivity index (χ1) is 6.33. The van der Waals surface area contributed by atoms with Gasteiger partial charge in [-0.2, -0.15) is 0 Å². The van der Waals surface area contributed by atoms with Crippen molar-refractivity contribution in [3.8, 4) is 0 Å². The van der Waals surface area contributed by atoms with Gasteiger partial charge in [0.1, 0.15) is 0 Å². The van der Waals surface area contributed by atoms with E-state index in [1.165, 1.54) is 5.56 Å². The van der Waals surface area contributed by atoms with Crippen molar-refractivity contribution in [1.29, 1.82) is 0 Å². The van der Waals surface area contributed by atoms with Gasteiger partial charge in [-0.25, -0.2) is 0 Å². The van der Waals surface area contributed by atoms with Gasteiger partial charge in [0.15, 0.2) is 0 Å². The molecule has 0 atom stereocenters. The van der Waals surface area contributed by atoms with E-state index in [0.717, 1.165) is 11.9 Å². The normalized spacial score (nSPS) is 10.1. The second kappa shape index (κ2) is 5.05. The fraction of sp³-hybridized carbons (Fsp3) is 0.400. The Bertz CT molecular complexity index is 259. The lowest BCUT2D eigenvalue weighted by Gasteiger charge is -2.12. The van der Waals surface area contributed by atoms with Gasteiger partial charge in [0.25, 0.3) is 0 Å². The van der Waals surface area contributed by atoms with E-state index in [9.17, 15) is 0 Å². The smallest absolute Gasteiger partial charge is 0.410 e. The first kappa shape index (κ1) is 10.3. The quantitative estimate of drug-likeness (QED) is 0.645. The third-order valence-corrected chi connectivity index (χ3v) is 2.12. The summed E-state index contributed by atoms with van der Waals surface area (Å²) in [5.74, 6) is 0. The Labute approximate surface area is 80.0 Å². The van der Waals surface area contributed by atoms with Crippen LogP contribution in [-0.2, 0) is 15.7 Å². The summed E-state index contributed by atoms with van der Waals surface area (Å²) >= 11 is 0. The maximum absolute atomic E-state index is 5.21. The van der Waals surface area contributed by atoms with Crippen molar-refractivity contribution in [3.63, 3.8) is 0 Å². The average molecular weight is 178 g/mol. The number of hydrogen-bond donors (Lipinski definition) is 0. The van der Waals surface area contributed by atoms with Gasteiger partial charge in [-0.05, 0) is 17.4 Å². The van der Waals surface area contributed by atoms with Crippen LogP contribution >= 0.6 is 0 Å². The van der Waals surface area contributed by atoms with Gasteiger partial charge in [0.05, 0.1) is 0 Å². The molecule has 1 rings (SSSR count). The second-order valence-electron chi connectivity index (χ2n) is 2.86. The topological polar surface area (TPSA) is 18.5 Å². The summed E-state index contributed by atoms with van der Waals surface area (Å²) < 4.78 is 10.4. The minimum absolute atomic E-state index is 0.240. The summed E-state index contributed by atoms with van der Waals surface area (Å²) in [7, 11) is 3.07. The molecule has 0 bridgehead atoms. The van der Waals surface area contributed by atoms with E-state index >= 15 is 0 Å². The van der Waals surface area contributed by atoms with Crippen molar-refractivity contribution in [2.24, 2.45) is 0 Å². The first-order valence-electron chi connectivity index (χ1n) is 4.46. The number of hydrogen-bond acceptors (Lipinski definition) is 2. The standard InChI is InChI=1S/C10H15BO2/c1-4-9-7-5-6-8-10(9)11(12-2)13-3/h5-8H,4H2,1-3H3. The molecule has 2 nitrogen and oxygen atoms in total. The van der Waals surface area contributed by atoms with Crippen LogP contribution in [-0.4, -0.2) is 21.3 Å². The molecule has 0 N–H and O–H groups in total. The third-order valence-electron chi connectivity index (χ3n) is 2.12. The predicted octanol–water partition coefficient (Wildman–Crippen LogP) is 1.24. The lowest BCUT2D eigenvalue weighted by Crippen LogP contribution is -2.37. The van der Waals surface area contributed by atoms with E-state index in [1.807, 2.05) is 18.2 Å². The van der Waals surface area contributed by atoms with Crippen LogP contribution in [0.25, 0.3) is 0 Å². The molecule has 1 aromatic carbocycles. The Hall–Kier alpha value is -0.795. The maximum atomic E-state index is 5.21. The Kier molecular flexibility index (Phi) is 3.99. The first-order valence-corrected chi connectivity index (χ1v) is 4.46. The molecule has 0 aliphatic rings. The van der Waals surface area contributed by atoms with Gasteiger partial charge < -0.3 is 9.31 Å². The minimum Gasteiger partial charge on any atom is -0.410 e. The molecule has 0 saturated heterocycles. The molecule has 0 heterocycles. The lowest BCUT2D eigenvalue weighted by atomic mass is 9.75. The molecule has 0 saturated carbocycles. The van der Waals surface area contributed by atoms with E-state index in [-0.39, 0.29) is 7.12 Å². The van der Waals surface area contributed by atoms with E-state index < -0.39 is 0 Å². The largest absolute Gasteiger partial charge is 0.493 e. The van der Waals surface area contributed by atoms with Gasteiger partial charge in [-0.3, -0.25) is 0 Å². The molecule has 0 aliphatic heterocycles. The van der Waals surface area contributed by atoms with Crippen molar-refractivity contribution >= 4 is 12.6 Å². The molecule has 0 amide bonds. The Morgan fingerprint density at radius 2 is 1.77 bits per heavy atom. The zero-order chi connectivity index (χ0) is 9.68. The predicted molar refractivity (Wildman–Crippen MR) is 55.2 cm³/mol. The van der Waals surface area contributed by atoms with Crippen molar-refractivity contribution in [3.05, 3.63) is 29.8 Å². The van der Waals surface area contributed by atoms with Crippen LogP contribution < -0.4 is 5.46 Å². The summed E-state index contributed by atoms with van der Waals surface area (Å²) in [5.41, 5.74) is 2.39. The van der Waals surface area contributed by atoms with Crippen LogP contribution in [0.2, 0.25) is 0 Å². The highest BCUT2D eigenvalue weighted by Crippen LogP contribution is 2.00. The summed E-state index contributed by atoms with van der Waals surface area (Å²) in [5, 5.41) is 0. The highest BCUT2D eigenvalue weighted by molar-refractivity contribution is 6.61. The average Bonchev–Trinajstić information content (AvgIpc) is 2.20. The number of rotatable bonds is 4. The zero-order valence-electron chi connectivity index (χ0n) is 8.41. The van der Waals surface area contributed by atoms with Crippen molar-refractivity contribution in [2.75, 3.05) is 14.2 Å². The molecule has 0 spiro atoms. The van der Waals surface area contributed by atoms with Crippen LogP contribution in [0.1, 0.15) is 12.5 Å². The van der Waals surface area contributed by atoms with Crippen LogP contribution in [0.3, 0.4) is 0 Å². The highest BCUT2D eigenvalue weighted by Gasteiger charge is 2.19. The van der Waals surface area contributed by atoms with Crippen LogP contribution in [0.15, 0.2) is 24.3 Å².